The number of piperidine rings is 1. The summed E-state index contributed by atoms with van der Waals surface area (Å²) in [5.74, 6) is 0.368. The number of carbonyl (C=O) groups is 1. The number of ether oxygens (including phenoxy) is 2. The van der Waals surface area contributed by atoms with Crippen molar-refractivity contribution < 1.29 is 32.7 Å². The molecule has 17 heteroatoms. The smallest absolute Gasteiger partial charge is 0.312 e. The van der Waals surface area contributed by atoms with Gasteiger partial charge in [-0.05, 0) is 105 Å². The van der Waals surface area contributed by atoms with Gasteiger partial charge in [0.1, 0.15) is 22.0 Å². The largest absolute Gasteiger partial charge is 0.455 e. The second-order valence-corrected chi connectivity index (χ2v) is 20.8. The van der Waals surface area contributed by atoms with Crippen molar-refractivity contribution in [2.24, 2.45) is 11.3 Å². The Bertz CT molecular complexity index is 2660. The summed E-state index contributed by atoms with van der Waals surface area (Å²) in [6.45, 7) is 11.9. The fraction of sp³-hybridized carbons (Fsp3) is 0.479. The second kappa shape index (κ2) is 18.0. The van der Waals surface area contributed by atoms with Gasteiger partial charge in [0.25, 0.3) is 15.9 Å². The predicted octanol–water partition coefficient (Wildman–Crippen LogP) is 7.73. The van der Waals surface area contributed by atoms with Crippen LogP contribution in [-0.4, -0.2) is 102 Å². The van der Waals surface area contributed by atoms with Gasteiger partial charge in [-0.1, -0.05) is 38.1 Å². The molecule has 3 aromatic heterocycles. The molecule has 65 heavy (non-hydrogen) atoms. The number of sulfonamides is 1. The molecule has 9 rings (SSSR count). The van der Waals surface area contributed by atoms with Gasteiger partial charge in [-0.25, -0.2) is 23.1 Å². The fourth-order valence-electron chi connectivity index (χ4n) is 10.4. The van der Waals surface area contributed by atoms with Crippen LogP contribution in [0.15, 0.2) is 84.1 Å². The van der Waals surface area contributed by atoms with E-state index in [4.69, 9.17) is 9.47 Å². The molecular weight excluding hydrogens is 849 g/mol. The summed E-state index contributed by atoms with van der Waals surface area (Å²) in [6, 6.07) is 18.9. The maximum Gasteiger partial charge on any atom is 0.312 e. The van der Waals surface area contributed by atoms with Gasteiger partial charge < -0.3 is 29.8 Å². The number of carbonyl (C=O) groups excluding carboxylic acids is 1. The average molecular weight is 907 g/mol. The van der Waals surface area contributed by atoms with E-state index in [1.54, 1.807) is 37.4 Å². The molecule has 2 atom stereocenters. The third-order valence-electron chi connectivity index (χ3n) is 14.2. The molecule has 6 heterocycles. The van der Waals surface area contributed by atoms with Gasteiger partial charge in [0.05, 0.1) is 35.1 Å². The molecule has 1 amide bonds. The Labute approximate surface area is 379 Å². The molecule has 1 spiro atoms. The molecule has 16 nitrogen and oxygen atoms in total. The first-order valence-corrected chi connectivity index (χ1v) is 24.2. The maximum atomic E-state index is 14.0. The predicted molar refractivity (Wildman–Crippen MR) is 247 cm³/mol. The van der Waals surface area contributed by atoms with E-state index in [1.165, 1.54) is 17.3 Å². The van der Waals surface area contributed by atoms with E-state index in [0.29, 0.717) is 48.7 Å². The van der Waals surface area contributed by atoms with Gasteiger partial charge >= 0.3 is 5.69 Å². The van der Waals surface area contributed by atoms with E-state index in [-0.39, 0.29) is 28.5 Å². The number of nitrogens with zero attached hydrogens (tertiary/aromatic N) is 5. The SMILES string of the molecule is CC(C)c1ccccc1[C@H]1COCCC1N1CC2(CCN(c3ccc(C(=O)NS(=O)(=O)c4cnc(NCC5CCC(C)(O)CC5)c([N+](=O)[O-])c4)c(Oc4cnc5[nH]ccc5c4)c3)CC2)C1. The van der Waals surface area contributed by atoms with Crippen LogP contribution in [0.5, 0.6) is 11.5 Å². The summed E-state index contributed by atoms with van der Waals surface area (Å²) < 4.78 is 41.9. The highest BCUT2D eigenvalue weighted by atomic mass is 32.2. The summed E-state index contributed by atoms with van der Waals surface area (Å²) in [6.07, 6.45) is 10.0. The van der Waals surface area contributed by atoms with Crippen molar-refractivity contribution in [1.82, 2.24) is 24.6 Å². The topological polar surface area (TPSA) is 205 Å². The lowest BCUT2D eigenvalue weighted by molar-refractivity contribution is -0.384. The molecule has 3 saturated heterocycles. The molecule has 1 saturated carbocycles. The van der Waals surface area contributed by atoms with Crippen molar-refractivity contribution in [2.45, 2.75) is 94.1 Å². The van der Waals surface area contributed by atoms with Crippen LogP contribution in [0.25, 0.3) is 11.0 Å². The molecule has 344 valence electrons. The number of likely N-dealkylation sites (tertiary alicyclic amines) is 1. The number of aliphatic hydroxyl groups is 1. The molecule has 0 bridgehead atoms. The highest BCUT2D eigenvalue weighted by molar-refractivity contribution is 7.90. The number of pyridine rings is 2. The van der Waals surface area contributed by atoms with Crippen molar-refractivity contribution in [2.75, 3.05) is 56.2 Å². The minimum atomic E-state index is -4.63. The molecule has 3 aliphatic heterocycles. The van der Waals surface area contributed by atoms with Crippen molar-refractivity contribution in [3.05, 3.63) is 106 Å². The number of amides is 1. The third kappa shape index (κ3) is 9.55. The first kappa shape index (κ1) is 44.6. The van der Waals surface area contributed by atoms with E-state index in [0.717, 1.165) is 94.8 Å². The second-order valence-electron chi connectivity index (χ2n) is 19.1. The normalized spacial score (nSPS) is 23.6. The van der Waals surface area contributed by atoms with Crippen LogP contribution in [0.1, 0.15) is 99.0 Å². The van der Waals surface area contributed by atoms with Crippen LogP contribution in [0, 0.1) is 21.4 Å². The summed E-state index contributed by atoms with van der Waals surface area (Å²) in [7, 11) is -4.63. The molecular formula is C48H58N8O8S. The standard InChI is InChI=1S/C48H58N8O8S/c1-31(2)37-6-4-5-7-38(37)40-28-63-21-13-41(40)55-29-48(30-55)16-19-54(20-17-48)34-8-9-39(43(23-34)64-35-22-33-12-18-49-44(33)51-26-35)46(57)53-65(61,62)36-24-42(56(59)60)45(52-27-36)50-25-32-10-14-47(3,58)15-11-32/h4-9,12,18,22-24,26-27,31-32,40-41,58H,10-11,13-17,19-21,25,28-30H2,1-3H3,(H,49,51)(H,50,52)(H,53,57)/t32?,40-,41?,47?/m1/s1. The summed E-state index contributed by atoms with van der Waals surface area (Å²) in [5.41, 5.74) is 3.21. The van der Waals surface area contributed by atoms with Crippen molar-refractivity contribution in [1.29, 1.82) is 0 Å². The summed E-state index contributed by atoms with van der Waals surface area (Å²) >= 11 is 0. The Morgan fingerprint density at radius 1 is 1.03 bits per heavy atom. The Balaban J connectivity index is 0.898. The van der Waals surface area contributed by atoms with Crippen LogP contribution in [-0.2, 0) is 14.8 Å². The molecule has 4 fully saturated rings. The van der Waals surface area contributed by atoms with Crippen LogP contribution in [0.3, 0.4) is 0 Å². The molecule has 5 aromatic rings. The zero-order valence-electron chi connectivity index (χ0n) is 37.2. The number of aromatic nitrogens is 3. The number of H-pyrrole nitrogens is 1. The average Bonchev–Trinajstić information content (AvgIpc) is 3.76. The Hall–Kier alpha value is -5.62. The molecule has 2 aromatic carbocycles. The molecule has 4 N–H and O–H groups in total. The lowest BCUT2D eigenvalue weighted by Crippen LogP contribution is -2.64. The molecule has 4 aliphatic rings. The number of aromatic amines is 1. The van der Waals surface area contributed by atoms with E-state index in [1.807, 2.05) is 6.07 Å². The quantitative estimate of drug-likeness (QED) is 0.0661. The maximum absolute atomic E-state index is 14.0. The van der Waals surface area contributed by atoms with E-state index in [9.17, 15) is 28.4 Å². The lowest BCUT2D eigenvalue weighted by atomic mass is 9.69. The summed E-state index contributed by atoms with van der Waals surface area (Å²) in [4.78, 5) is 41.4. The number of nitrogens with one attached hydrogen (secondary N) is 3. The van der Waals surface area contributed by atoms with Crippen LogP contribution in [0.2, 0.25) is 0 Å². The highest BCUT2D eigenvalue weighted by Crippen LogP contribution is 2.46. The number of nitro groups is 1. The van der Waals surface area contributed by atoms with Gasteiger partial charge in [-0.2, -0.15) is 0 Å². The molecule has 0 radical (unpaired) electrons. The van der Waals surface area contributed by atoms with Crippen LogP contribution in [0.4, 0.5) is 17.2 Å². The van der Waals surface area contributed by atoms with Crippen LogP contribution >= 0.6 is 0 Å². The van der Waals surface area contributed by atoms with Gasteiger partial charge in [-0.3, -0.25) is 19.8 Å². The van der Waals surface area contributed by atoms with Crippen molar-refractivity contribution >= 4 is 44.2 Å². The Morgan fingerprint density at radius 2 is 1.80 bits per heavy atom. The molecule has 1 aliphatic carbocycles. The summed E-state index contributed by atoms with van der Waals surface area (Å²) in [5, 5.41) is 26.2. The minimum absolute atomic E-state index is 0.0492. The number of anilines is 2. The third-order valence-corrected chi connectivity index (χ3v) is 15.5. The van der Waals surface area contributed by atoms with Gasteiger partial charge in [0.2, 0.25) is 5.82 Å². The number of hydrogen-bond donors (Lipinski definition) is 4. The molecule has 1 unspecified atom stereocenters. The van der Waals surface area contributed by atoms with E-state index < -0.39 is 37.0 Å². The number of hydrogen-bond acceptors (Lipinski definition) is 13. The van der Waals surface area contributed by atoms with Crippen LogP contribution < -0.4 is 19.7 Å². The zero-order chi connectivity index (χ0) is 45.5. The van der Waals surface area contributed by atoms with Gasteiger partial charge in [0, 0.05) is 80.7 Å². The first-order valence-electron chi connectivity index (χ1n) is 22.7. The first-order chi connectivity index (χ1) is 31.2. The van der Waals surface area contributed by atoms with Gasteiger partial charge in [-0.15, -0.1) is 0 Å². The minimum Gasteiger partial charge on any atom is -0.455 e. The number of fused-ring (bicyclic) bond motifs is 1. The number of benzene rings is 2. The highest BCUT2D eigenvalue weighted by Gasteiger charge is 2.49. The Kier molecular flexibility index (Phi) is 12.3. The lowest BCUT2D eigenvalue weighted by Gasteiger charge is -2.58. The van der Waals surface area contributed by atoms with E-state index >= 15 is 0 Å². The van der Waals surface area contributed by atoms with E-state index in [2.05, 4.69) is 72.9 Å². The Morgan fingerprint density at radius 3 is 2.55 bits per heavy atom. The monoisotopic (exact) mass is 906 g/mol. The van der Waals surface area contributed by atoms with Crippen molar-refractivity contribution in [3.8, 4) is 11.5 Å². The number of rotatable bonds is 13. The van der Waals surface area contributed by atoms with Gasteiger partial charge in [0.15, 0.2) is 0 Å². The van der Waals surface area contributed by atoms with Crippen molar-refractivity contribution in [3.63, 3.8) is 0 Å². The zero-order valence-corrected chi connectivity index (χ0v) is 38.0. The fourth-order valence-corrected chi connectivity index (χ4v) is 11.3.